The Balaban J connectivity index is 1.67. The topological polar surface area (TPSA) is 89.5 Å². The number of piperidine rings is 2. The molecule has 0 saturated carbocycles. The summed E-state index contributed by atoms with van der Waals surface area (Å²) in [6.07, 6.45) is 2.46. The molecule has 0 bridgehead atoms. The first kappa shape index (κ1) is 18.8. The fourth-order valence-corrected chi connectivity index (χ4v) is 4.73. The first-order valence-electron chi connectivity index (χ1n) is 8.92. The van der Waals surface area contributed by atoms with Crippen LogP contribution in [0.15, 0.2) is 6.07 Å². The molecule has 2 atom stereocenters. The molecule has 142 valence electrons. The molecule has 1 aromatic heterocycles. The number of likely N-dealkylation sites (tertiary alicyclic amines) is 1. The van der Waals surface area contributed by atoms with E-state index in [1.165, 1.54) is 10.6 Å². The highest BCUT2D eigenvalue weighted by Crippen LogP contribution is 2.36. The van der Waals surface area contributed by atoms with Gasteiger partial charge in [-0.25, -0.2) is 12.7 Å². The summed E-state index contributed by atoms with van der Waals surface area (Å²) in [7, 11) is -3.21. The first-order chi connectivity index (χ1) is 11.5. The molecule has 2 aliphatic heterocycles. The van der Waals surface area contributed by atoms with E-state index in [1.807, 2.05) is 0 Å². The van der Waals surface area contributed by atoms with Crippen molar-refractivity contribution in [3.8, 4) is 0 Å². The highest BCUT2D eigenvalue weighted by molar-refractivity contribution is 7.88. The van der Waals surface area contributed by atoms with E-state index in [0.29, 0.717) is 32.5 Å². The van der Waals surface area contributed by atoms with Crippen molar-refractivity contribution in [1.82, 2.24) is 19.4 Å². The summed E-state index contributed by atoms with van der Waals surface area (Å²) < 4.78 is 25.2. The second kappa shape index (κ2) is 6.33. The van der Waals surface area contributed by atoms with Crippen LogP contribution in [-0.4, -0.2) is 71.0 Å². The van der Waals surface area contributed by atoms with Crippen LogP contribution in [0, 0.1) is 5.92 Å². The Morgan fingerprint density at radius 1 is 1.32 bits per heavy atom. The molecule has 0 aromatic carbocycles. The summed E-state index contributed by atoms with van der Waals surface area (Å²) in [5.41, 5.74) is 1.38. The maximum absolute atomic E-state index is 11.9. The second-order valence-electron chi connectivity index (χ2n) is 8.69. The van der Waals surface area contributed by atoms with Crippen LogP contribution < -0.4 is 0 Å². The summed E-state index contributed by atoms with van der Waals surface area (Å²) in [4.78, 5) is 2.28. The lowest BCUT2D eigenvalue weighted by Crippen LogP contribution is -2.60. The number of rotatable bonds is 3. The predicted octanol–water partition coefficient (Wildman–Crippen LogP) is 0.926. The fraction of sp³-hybridized carbons (Fsp3) is 0.824. The van der Waals surface area contributed by atoms with Gasteiger partial charge in [-0.15, -0.1) is 0 Å². The molecule has 25 heavy (non-hydrogen) atoms. The van der Waals surface area contributed by atoms with Gasteiger partial charge in [-0.2, -0.15) is 5.10 Å². The third-order valence-corrected chi connectivity index (χ3v) is 6.85. The second-order valence-corrected chi connectivity index (χ2v) is 10.7. The van der Waals surface area contributed by atoms with Crippen LogP contribution in [0.25, 0.3) is 0 Å². The Labute approximate surface area is 150 Å². The van der Waals surface area contributed by atoms with Crippen molar-refractivity contribution in [2.24, 2.45) is 5.92 Å². The van der Waals surface area contributed by atoms with Crippen molar-refractivity contribution in [2.75, 3.05) is 32.4 Å². The number of aromatic nitrogens is 2. The van der Waals surface area contributed by atoms with Gasteiger partial charge in [0.25, 0.3) is 0 Å². The van der Waals surface area contributed by atoms with Gasteiger partial charge < -0.3 is 5.11 Å². The minimum Gasteiger partial charge on any atom is -0.389 e. The van der Waals surface area contributed by atoms with E-state index in [-0.39, 0.29) is 11.3 Å². The SMILES string of the molecule is CC(C)(C)c1cc(CN2CC[C@@]3(O)CCN(S(C)(=O)=O)C[C@H]3C2)[nH]n1. The molecule has 1 aromatic rings. The summed E-state index contributed by atoms with van der Waals surface area (Å²) in [6.45, 7) is 9.49. The van der Waals surface area contributed by atoms with Crippen LogP contribution in [0.4, 0.5) is 0 Å². The van der Waals surface area contributed by atoms with Gasteiger partial charge in [0.05, 0.1) is 17.6 Å². The van der Waals surface area contributed by atoms with Gasteiger partial charge in [-0.3, -0.25) is 10.00 Å². The minimum absolute atomic E-state index is 0.0102. The zero-order valence-corrected chi connectivity index (χ0v) is 16.4. The number of hydrogen-bond donors (Lipinski definition) is 2. The fourth-order valence-electron chi connectivity index (χ4n) is 3.85. The lowest BCUT2D eigenvalue weighted by molar-refractivity contribution is -0.103. The zero-order valence-electron chi connectivity index (χ0n) is 15.6. The molecule has 0 spiro atoms. The predicted molar refractivity (Wildman–Crippen MR) is 96.7 cm³/mol. The smallest absolute Gasteiger partial charge is 0.211 e. The molecule has 0 unspecified atom stereocenters. The summed E-state index contributed by atoms with van der Waals surface area (Å²) in [5, 5.41) is 18.4. The van der Waals surface area contributed by atoms with Crippen LogP contribution in [0.5, 0.6) is 0 Å². The zero-order chi connectivity index (χ0) is 18.5. The number of aliphatic hydroxyl groups is 1. The number of H-pyrrole nitrogens is 1. The molecule has 3 heterocycles. The van der Waals surface area contributed by atoms with Crippen LogP contribution in [0.1, 0.15) is 45.0 Å². The van der Waals surface area contributed by atoms with Crippen molar-refractivity contribution in [2.45, 2.75) is 51.2 Å². The van der Waals surface area contributed by atoms with Gasteiger partial charge in [-0.05, 0) is 18.9 Å². The number of fused-ring (bicyclic) bond motifs is 1. The van der Waals surface area contributed by atoms with Crippen LogP contribution >= 0.6 is 0 Å². The number of nitrogens with zero attached hydrogens (tertiary/aromatic N) is 3. The molecule has 2 saturated heterocycles. The summed E-state index contributed by atoms with van der Waals surface area (Å²) in [6, 6.07) is 2.10. The normalized spacial score (nSPS) is 29.6. The monoisotopic (exact) mass is 370 g/mol. The van der Waals surface area contributed by atoms with Crippen molar-refractivity contribution >= 4 is 10.0 Å². The molecule has 2 N–H and O–H groups in total. The van der Waals surface area contributed by atoms with E-state index in [1.54, 1.807) is 0 Å². The minimum atomic E-state index is -3.21. The van der Waals surface area contributed by atoms with E-state index in [0.717, 1.165) is 24.5 Å². The first-order valence-corrected chi connectivity index (χ1v) is 10.8. The van der Waals surface area contributed by atoms with E-state index < -0.39 is 15.6 Å². The quantitative estimate of drug-likeness (QED) is 0.826. The molecule has 7 nitrogen and oxygen atoms in total. The molecular formula is C17H30N4O3S. The molecular weight excluding hydrogens is 340 g/mol. The Bertz CT molecular complexity index is 724. The van der Waals surface area contributed by atoms with E-state index >= 15 is 0 Å². The summed E-state index contributed by atoms with van der Waals surface area (Å²) >= 11 is 0. The molecule has 0 amide bonds. The van der Waals surface area contributed by atoms with Gasteiger partial charge >= 0.3 is 0 Å². The third-order valence-electron chi connectivity index (χ3n) is 5.58. The van der Waals surface area contributed by atoms with Crippen molar-refractivity contribution in [1.29, 1.82) is 0 Å². The highest BCUT2D eigenvalue weighted by Gasteiger charge is 2.46. The van der Waals surface area contributed by atoms with Crippen LogP contribution in [0.2, 0.25) is 0 Å². The molecule has 0 radical (unpaired) electrons. The maximum Gasteiger partial charge on any atom is 0.211 e. The third kappa shape index (κ3) is 4.07. The number of hydrogen-bond acceptors (Lipinski definition) is 5. The lowest BCUT2D eigenvalue weighted by atomic mass is 9.76. The largest absolute Gasteiger partial charge is 0.389 e. The average molecular weight is 371 g/mol. The maximum atomic E-state index is 11.9. The van der Waals surface area contributed by atoms with Crippen molar-refractivity contribution < 1.29 is 13.5 Å². The Morgan fingerprint density at radius 2 is 2.00 bits per heavy atom. The van der Waals surface area contributed by atoms with Gasteiger partial charge in [0.1, 0.15) is 0 Å². The van der Waals surface area contributed by atoms with Crippen molar-refractivity contribution in [3.05, 3.63) is 17.5 Å². The van der Waals surface area contributed by atoms with Gasteiger partial charge in [0, 0.05) is 49.8 Å². The number of aromatic amines is 1. The average Bonchev–Trinajstić information content (AvgIpc) is 2.94. The molecule has 2 aliphatic rings. The van der Waals surface area contributed by atoms with Crippen molar-refractivity contribution in [3.63, 3.8) is 0 Å². The van der Waals surface area contributed by atoms with Gasteiger partial charge in [0.15, 0.2) is 0 Å². The van der Waals surface area contributed by atoms with E-state index in [4.69, 9.17) is 0 Å². The number of sulfonamides is 1. The standard InChI is InChI=1S/C17H30N4O3S/c1-16(2,3)15-9-14(18-19-15)12-20-7-5-17(22)6-8-21(25(4,23)24)11-13(17)10-20/h9,13,22H,5-8,10-12H2,1-4H3,(H,18,19)/t13-,17-/m1/s1. The summed E-state index contributed by atoms with van der Waals surface area (Å²) in [5.74, 6) is -0.0465. The van der Waals surface area contributed by atoms with E-state index in [9.17, 15) is 13.5 Å². The Morgan fingerprint density at radius 3 is 2.60 bits per heavy atom. The molecule has 3 rings (SSSR count). The Kier molecular flexibility index (Phi) is 4.77. The Hall–Kier alpha value is -0.960. The van der Waals surface area contributed by atoms with Crippen LogP contribution in [0.3, 0.4) is 0 Å². The van der Waals surface area contributed by atoms with Gasteiger partial charge in [-0.1, -0.05) is 20.8 Å². The molecule has 8 heteroatoms. The highest BCUT2D eigenvalue weighted by atomic mass is 32.2. The van der Waals surface area contributed by atoms with Crippen LogP contribution in [-0.2, 0) is 22.0 Å². The number of nitrogens with one attached hydrogen (secondary N) is 1. The van der Waals surface area contributed by atoms with E-state index in [2.05, 4.69) is 41.9 Å². The van der Waals surface area contributed by atoms with Gasteiger partial charge in [0.2, 0.25) is 10.0 Å². The molecule has 2 fully saturated rings. The lowest BCUT2D eigenvalue weighted by Gasteiger charge is -2.49. The molecule has 0 aliphatic carbocycles.